The monoisotopic (exact) mass is 546 g/mol. The Labute approximate surface area is 236 Å². The van der Waals surface area contributed by atoms with E-state index in [0.717, 1.165) is 22.5 Å². The summed E-state index contributed by atoms with van der Waals surface area (Å²) in [6.45, 7) is 3.77. The Kier molecular flexibility index (Phi) is 14.0. The van der Waals surface area contributed by atoms with Gasteiger partial charge < -0.3 is 9.47 Å². The Balaban J connectivity index is 0.000000267. The summed E-state index contributed by atoms with van der Waals surface area (Å²) in [4.78, 5) is 32.0. The Morgan fingerprint density at radius 3 is 1.28 bits per heavy atom. The van der Waals surface area contributed by atoms with Gasteiger partial charge in [0.05, 0.1) is 12.8 Å². The van der Waals surface area contributed by atoms with Crippen LogP contribution in [0.2, 0.25) is 0 Å². The summed E-state index contributed by atoms with van der Waals surface area (Å²) in [7, 11) is 0. The van der Waals surface area contributed by atoms with Crippen LogP contribution in [0.25, 0.3) is 0 Å². The Morgan fingerprint density at radius 1 is 0.590 bits per heavy atom. The first-order chi connectivity index (χ1) is 18.5. The second-order valence-electron chi connectivity index (χ2n) is 8.98. The number of benzene rings is 2. The minimum atomic E-state index is -0.199. The van der Waals surface area contributed by atoms with Crippen molar-refractivity contribution in [1.82, 2.24) is 9.97 Å². The van der Waals surface area contributed by atoms with Crippen LogP contribution in [0.1, 0.15) is 36.4 Å². The Hall–Kier alpha value is -4.03. The van der Waals surface area contributed by atoms with Gasteiger partial charge in [-0.2, -0.15) is 0 Å². The lowest BCUT2D eigenvalue weighted by Gasteiger charge is -2.12. The van der Waals surface area contributed by atoms with Crippen molar-refractivity contribution in [2.75, 3.05) is 0 Å². The van der Waals surface area contributed by atoms with Gasteiger partial charge in [0.15, 0.2) is 0 Å². The fraction of sp³-hybridized carbons (Fsp3) is 0.250. The molecule has 0 aliphatic heterocycles. The predicted octanol–water partition coefficient (Wildman–Crippen LogP) is 6.02. The maximum Gasteiger partial charge on any atom is 0.310 e. The van der Waals surface area contributed by atoms with Gasteiger partial charge in [-0.1, -0.05) is 72.8 Å². The number of ether oxygens (including phenoxy) is 2. The van der Waals surface area contributed by atoms with Gasteiger partial charge in [0.25, 0.3) is 0 Å². The number of carbonyl (C=O) groups is 2. The molecule has 0 radical (unpaired) electrons. The molecule has 2 aromatic heterocycles. The van der Waals surface area contributed by atoms with Crippen LogP contribution in [0, 0.1) is 0 Å². The fourth-order valence-corrected chi connectivity index (χ4v) is 3.77. The average Bonchev–Trinajstić information content (AvgIpc) is 2.91. The van der Waals surface area contributed by atoms with Gasteiger partial charge in [-0.25, -0.2) is 0 Å². The molecule has 2 atom stereocenters. The van der Waals surface area contributed by atoms with Crippen LogP contribution in [-0.2, 0) is 44.7 Å². The molecule has 4 aromatic rings. The molecule has 2 heterocycles. The highest BCUT2D eigenvalue weighted by Gasteiger charge is 2.12. The minimum Gasteiger partial charge on any atom is -0.462 e. The molecule has 7 heteroatoms. The molecule has 39 heavy (non-hydrogen) atoms. The molecule has 0 aliphatic carbocycles. The molecule has 0 fully saturated rings. The SMILES string of the molecule is CC(Cc1ccccn1)OC(=O)Cc1ccccc1.CC(Cc1ccccn1)OC(=O)Cc1ccccc1.Cl. The molecule has 204 valence electrons. The number of rotatable bonds is 10. The molecule has 0 N–H and O–H groups in total. The standard InChI is InChI=1S/2C16H17NO2.ClH/c2*1-13(11-15-9-5-6-10-17-15)19-16(18)12-14-7-3-2-4-8-14;/h2*2-10,13H,11-12H2,1H3;1H. The number of esters is 2. The molecule has 0 spiro atoms. The molecule has 4 rings (SSSR count). The first kappa shape index (κ1) is 31.2. The molecule has 0 bridgehead atoms. The fourth-order valence-electron chi connectivity index (χ4n) is 3.77. The molecule has 2 unspecified atom stereocenters. The maximum atomic E-state index is 11.8. The first-order valence-electron chi connectivity index (χ1n) is 12.7. The van der Waals surface area contributed by atoms with E-state index in [1.165, 1.54) is 0 Å². The van der Waals surface area contributed by atoms with E-state index in [-0.39, 0.29) is 36.6 Å². The van der Waals surface area contributed by atoms with Crippen molar-refractivity contribution < 1.29 is 19.1 Å². The number of hydrogen-bond donors (Lipinski definition) is 0. The Bertz CT molecular complexity index is 1130. The van der Waals surface area contributed by atoms with E-state index < -0.39 is 0 Å². The van der Waals surface area contributed by atoms with E-state index in [2.05, 4.69) is 9.97 Å². The van der Waals surface area contributed by atoms with Crippen LogP contribution in [0.4, 0.5) is 0 Å². The number of hydrogen-bond acceptors (Lipinski definition) is 6. The van der Waals surface area contributed by atoms with Crippen LogP contribution in [0.15, 0.2) is 109 Å². The third-order valence-electron chi connectivity index (χ3n) is 5.49. The highest BCUT2D eigenvalue weighted by Crippen LogP contribution is 2.07. The molecule has 2 aromatic carbocycles. The van der Waals surface area contributed by atoms with Crippen LogP contribution in [0.5, 0.6) is 0 Å². The highest BCUT2D eigenvalue weighted by atomic mass is 35.5. The van der Waals surface area contributed by atoms with Crippen LogP contribution in [0.3, 0.4) is 0 Å². The van der Waals surface area contributed by atoms with Crippen LogP contribution < -0.4 is 0 Å². The zero-order valence-electron chi connectivity index (χ0n) is 22.3. The largest absolute Gasteiger partial charge is 0.462 e. The summed E-state index contributed by atoms with van der Waals surface area (Å²) >= 11 is 0. The van der Waals surface area contributed by atoms with Crippen molar-refractivity contribution in [3.8, 4) is 0 Å². The summed E-state index contributed by atoms with van der Waals surface area (Å²) in [5.41, 5.74) is 3.81. The van der Waals surface area contributed by atoms with Gasteiger partial charge in [0.2, 0.25) is 0 Å². The van der Waals surface area contributed by atoms with Crippen molar-refractivity contribution in [2.24, 2.45) is 0 Å². The quantitative estimate of drug-likeness (QED) is 0.226. The summed E-state index contributed by atoms with van der Waals surface area (Å²) in [5.74, 6) is -0.399. The topological polar surface area (TPSA) is 78.4 Å². The molecular weight excluding hydrogens is 512 g/mol. The van der Waals surface area contributed by atoms with E-state index in [0.29, 0.717) is 25.7 Å². The van der Waals surface area contributed by atoms with Gasteiger partial charge in [-0.3, -0.25) is 19.6 Å². The highest BCUT2D eigenvalue weighted by molar-refractivity contribution is 5.85. The maximum absolute atomic E-state index is 11.8. The number of pyridine rings is 2. The first-order valence-corrected chi connectivity index (χ1v) is 12.7. The van der Waals surface area contributed by atoms with E-state index in [9.17, 15) is 9.59 Å². The van der Waals surface area contributed by atoms with Crippen molar-refractivity contribution >= 4 is 24.3 Å². The van der Waals surface area contributed by atoms with Crippen molar-refractivity contribution in [1.29, 1.82) is 0 Å². The lowest BCUT2D eigenvalue weighted by molar-refractivity contribution is -0.148. The normalized spacial score (nSPS) is 11.5. The van der Waals surface area contributed by atoms with E-state index in [4.69, 9.17) is 9.47 Å². The zero-order chi connectivity index (χ0) is 27.0. The van der Waals surface area contributed by atoms with Crippen molar-refractivity contribution in [2.45, 2.75) is 51.7 Å². The summed E-state index contributed by atoms with van der Waals surface area (Å²) in [6, 6.07) is 30.7. The van der Waals surface area contributed by atoms with Gasteiger partial charge in [0, 0.05) is 36.6 Å². The Morgan fingerprint density at radius 2 is 0.949 bits per heavy atom. The van der Waals surface area contributed by atoms with E-state index >= 15 is 0 Å². The number of halogens is 1. The third-order valence-corrected chi connectivity index (χ3v) is 5.49. The number of carbonyl (C=O) groups excluding carboxylic acids is 2. The van der Waals surface area contributed by atoms with Gasteiger partial charge in [0.1, 0.15) is 12.2 Å². The lowest BCUT2D eigenvalue weighted by atomic mass is 10.1. The number of nitrogens with zero attached hydrogens (tertiary/aromatic N) is 2. The van der Waals surface area contributed by atoms with Gasteiger partial charge in [-0.15, -0.1) is 12.4 Å². The summed E-state index contributed by atoms with van der Waals surface area (Å²) in [6.07, 6.45) is 5.07. The molecule has 0 amide bonds. The van der Waals surface area contributed by atoms with Gasteiger partial charge in [-0.05, 0) is 49.2 Å². The molecule has 0 saturated carbocycles. The number of aromatic nitrogens is 2. The van der Waals surface area contributed by atoms with Crippen LogP contribution >= 0.6 is 12.4 Å². The van der Waals surface area contributed by atoms with Crippen molar-refractivity contribution in [3.63, 3.8) is 0 Å². The smallest absolute Gasteiger partial charge is 0.310 e. The summed E-state index contributed by atoms with van der Waals surface area (Å²) in [5, 5.41) is 0. The second kappa shape index (κ2) is 17.5. The lowest BCUT2D eigenvalue weighted by Crippen LogP contribution is -2.19. The van der Waals surface area contributed by atoms with Crippen LogP contribution in [-0.4, -0.2) is 34.1 Å². The molecule has 0 aliphatic rings. The predicted molar refractivity (Wildman–Crippen MR) is 155 cm³/mol. The zero-order valence-corrected chi connectivity index (χ0v) is 23.1. The minimum absolute atomic E-state index is 0. The summed E-state index contributed by atoms with van der Waals surface area (Å²) < 4.78 is 10.8. The molecular formula is C32H35ClN2O4. The average molecular weight is 547 g/mol. The second-order valence-corrected chi connectivity index (χ2v) is 8.98. The van der Waals surface area contributed by atoms with E-state index in [1.54, 1.807) is 12.4 Å². The molecule has 0 saturated heterocycles. The third kappa shape index (κ3) is 12.9. The van der Waals surface area contributed by atoms with Crippen molar-refractivity contribution in [3.05, 3.63) is 132 Å². The van der Waals surface area contributed by atoms with Gasteiger partial charge >= 0.3 is 11.9 Å². The van der Waals surface area contributed by atoms with E-state index in [1.807, 2.05) is 111 Å². The molecule has 6 nitrogen and oxygen atoms in total.